The van der Waals surface area contributed by atoms with Gasteiger partial charge >= 0.3 is 0 Å². The molecule has 26 heavy (non-hydrogen) atoms. The highest BCUT2D eigenvalue weighted by atomic mass is 16.5. The highest BCUT2D eigenvalue weighted by Crippen LogP contribution is 2.33. The van der Waals surface area contributed by atoms with Gasteiger partial charge in [-0.2, -0.15) is 0 Å². The van der Waals surface area contributed by atoms with E-state index in [2.05, 4.69) is 4.57 Å². The first-order chi connectivity index (χ1) is 12.6. The first-order valence-corrected chi connectivity index (χ1v) is 8.69. The molecule has 0 saturated heterocycles. The van der Waals surface area contributed by atoms with Gasteiger partial charge in [0.05, 0.1) is 37.9 Å². The van der Waals surface area contributed by atoms with Gasteiger partial charge in [-0.25, -0.2) is 4.98 Å². The molecule has 0 saturated carbocycles. The molecular weight excluding hydrogens is 330 g/mol. The van der Waals surface area contributed by atoms with Gasteiger partial charge < -0.3 is 24.5 Å². The molecule has 0 aliphatic heterocycles. The van der Waals surface area contributed by atoms with Crippen molar-refractivity contribution in [2.24, 2.45) is 5.73 Å². The summed E-state index contributed by atoms with van der Waals surface area (Å²) in [4.78, 5) is 4.69. The fourth-order valence-electron chi connectivity index (χ4n) is 2.98. The van der Waals surface area contributed by atoms with Crippen molar-refractivity contribution in [1.82, 2.24) is 9.55 Å². The van der Waals surface area contributed by atoms with Gasteiger partial charge in [-0.05, 0) is 25.5 Å². The Morgan fingerprint density at radius 1 is 1.08 bits per heavy atom. The Bertz CT molecular complexity index is 860. The second-order valence-corrected chi connectivity index (χ2v) is 6.12. The van der Waals surface area contributed by atoms with E-state index in [0.717, 1.165) is 35.6 Å². The van der Waals surface area contributed by atoms with E-state index in [1.54, 1.807) is 14.2 Å². The quantitative estimate of drug-likeness (QED) is 0.626. The van der Waals surface area contributed by atoms with Gasteiger partial charge in [-0.15, -0.1) is 0 Å². The van der Waals surface area contributed by atoms with Gasteiger partial charge in [-0.1, -0.05) is 18.2 Å². The second-order valence-electron chi connectivity index (χ2n) is 6.12. The number of nitrogens with zero attached hydrogens (tertiary/aromatic N) is 2. The molecule has 1 atom stereocenters. The number of aryl methyl sites for hydroxylation is 1. The average Bonchev–Trinajstić information content (AvgIpc) is 3.02. The zero-order valence-corrected chi connectivity index (χ0v) is 15.4. The summed E-state index contributed by atoms with van der Waals surface area (Å²) in [5.74, 6) is 3.06. The largest absolute Gasteiger partial charge is 0.494 e. The van der Waals surface area contributed by atoms with Crippen LogP contribution in [0, 0.1) is 0 Å². The minimum Gasteiger partial charge on any atom is -0.494 e. The number of para-hydroxylation sites is 1. The predicted octanol–water partition coefficient (Wildman–Crippen LogP) is 3.54. The van der Waals surface area contributed by atoms with Gasteiger partial charge in [0.2, 0.25) is 0 Å². The Balaban J connectivity index is 1.82. The average molecular weight is 355 g/mol. The van der Waals surface area contributed by atoms with Crippen molar-refractivity contribution in [1.29, 1.82) is 0 Å². The van der Waals surface area contributed by atoms with E-state index in [4.69, 9.17) is 24.9 Å². The van der Waals surface area contributed by atoms with Gasteiger partial charge in [0.25, 0.3) is 0 Å². The highest BCUT2D eigenvalue weighted by molar-refractivity contribution is 5.80. The molecule has 3 aromatic rings. The lowest BCUT2D eigenvalue weighted by Gasteiger charge is -2.13. The smallest absolute Gasteiger partial charge is 0.163 e. The summed E-state index contributed by atoms with van der Waals surface area (Å²) in [7, 11) is 3.25. The van der Waals surface area contributed by atoms with Crippen molar-refractivity contribution in [2.75, 3.05) is 20.8 Å². The first-order valence-electron chi connectivity index (χ1n) is 8.69. The Morgan fingerprint density at radius 3 is 2.42 bits per heavy atom. The zero-order valence-electron chi connectivity index (χ0n) is 15.4. The van der Waals surface area contributed by atoms with E-state index in [1.807, 2.05) is 49.4 Å². The van der Waals surface area contributed by atoms with E-state index >= 15 is 0 Å². The van der Waals surface area contributed by atoms with Crippen molar-refractivity contribution in [3.63, 3.8) is 0 Å². The zero-order chi connectivity index (χ0) is 18.5. The summed E-state index contributed by atoms with van der Waals surface area (Å²) in [6.07, 6.45) is 0.842. The normalized spacial score (nSPS) is 12.2. The molecule has 3 rings (SSSR count). The monoisotopic (exact) mass is 355 g/mol. The summed E-state index contributed by atoms with van der Waals surface area (Å²) < 4.78 is 18.7. The predicted molar refractivity (Wildman–Crippen MR) is 102 cm³/mol. The van der Waals surface area contributed by atoms with Gasteiger partial charge in [0.1, 0.15) is 11.6 Å². The fraction of sp³-hybridized carbons (Fsp3) is 0.350. The molecule has 1 heterocycles. The summed E-state index contributed by atoms with van der Waals surface area (Å²) in [6, 6.07) is 13.5. The van der Waals surface area contributed by atoms with E-state index < -0.39 is 0 Å². The van der Waals surface area contributed by atoms with Crippen LogP contribution in [0.3, 0.4) is 0 Å². The van der Waals surface area contributed by atoms with Gasteiger partial charge in [0.15, 0.2) is 11.5 Å². The molecule has 1 unspecified atom stereocenters. The summed E-state index contributed by atoms with van der Waals surface area (Å²) >= 11 is 0. The van der Waals surface area contributed by atoms with Gasteiger partial charge in [-0.3, -0.25) is 0 Å². The number of aromatic nitrogens is 2. The molecule has 2 aromatic carbocycles. The molecule has 0 spiro atoms. The number of methoxy groups -OCH3 is 2. The Labute approximate surface area is 153 Å². The second kappa shape index (κ2) is 8.10. The van der Waals surface area contributed by atoms with Crippen molar-refractivity contribution >= 4 is 11.0 Å². The topological polar surface area (TPSA) is 71.5 Å². The number of hydrogen-bond acceptors (Lipinski definition) is 5. The molecule has 2 N–H and O–H groups in total. The minimum atomic E-state index is -0.172. The van der Waals surface area contributed by atoms with E-state index in [9.17, 15) is 0 Å². The van der Waals surface area contributed by atoms with Crippen LogP contribution in [0.1, 0.15) is 25.2 Å². The SMILES string of the molecule is COc1cc2nc(C(C)N)n(CCCOc3ccccc3)c2cc1OC. The van der Waals surface area contributed by atoms with Crippen molar-refractivity contribution < 1.29 is 14.2 Å². The van der Waals surface area contributed by atoms with Crippen molar-refractivity contribution in [3.05, 3.63) is 48.3 Å². The maximum atomic E-state index is 6.14. The lowest BCUT2D eigenvalue weighted by molar-refractivity contribution is 0.301. The molecule has 138 valence electrons. The molecule has 0 bridgehead atoms. The van der Waals surface area contributed by atoms with E-state index in [-0.39, 0.29) is 6.04 Å². The third-order valence-electron chi connectivity index (χ3n) is 4.23. The Kier molecular flexibility index (Phi) is 5.63. The van der Waals surface area contributed by atoms with Crippen LogP contribution >= 0.6 is 0 Å². The van der Waals surface area contributed by atoms with Crippen LogP contribution < -0.4 is 19.9 Å². The third-order valence-corrected chi connectivity index (χ3v) is 4.23. The number of hydrogen-bond donors (Lipinski definition) is 1. The highest BCUT2D eigenvalue weighted by Gasteiger charge is 2.17. The van der Waals surface area contributed by atoms with E-state index in [1.165, 1.54) is 0 Å². The van der Waals surface area contributed by atoms with Crippen LogP contribution in [0.25, 0.3) is 11.0 Å². The van der Waals surface area contributed by atoms with Crippen LogP contribution in [-0.2, 0) is 6.54 Å². The first kappa shape index (κ1) is 18.1. The molecule has 0 aliphatic rings. The standard InChI is InChI=1S/C20H25N3O3/c1-14(21)20-22-16-12-18(24-2)19(25-3)13-17(16)23(20)10-7-11-26-15-8-5-4-6-9-15/h4-6,8-9,12-14H,7,10-11,21H2,1-3H3. The molecule has 6 heteroatoms. The van der Waals surface area contributed by atoms with E-state index in [0.29, 0.717) is 18.1 Å². The summed E-state index contributed by atoms with van der Waals surface area (Å²) in [5.41, 5.74) is 7.97. The number of ether oxygens (including phenoxy) is 3. The fourth-order valence-corrected chi connectivity index (χ4v) is 2.98. The lowest BCUT2D eigenvalue weighted by atomic mass is 10.2. The number of fused-ring (bicyclic) bond motifs is 1. The minimum absolute atomic E-state index is 0.172. The lowest BCUT2D eigenvalue weighted by Crippen LogP contribution is -2.15. The van der Waals surface area contributed by atoms with Crippen molar-refractivity contribution in [2.45, 2.75) is 25.9 Å². The molecule has 0 aliphatic carbocycles. The maximum absolute atomic E-state index is 6.14. The molecule has 1 aromatic heterocycles. The summed E-state index contributed by atoms with van der Waals surface area (Å²) in [6.45, 7) is 3.32. The van der Waals surface area contributed by atoms with Crippen LogP contribution in [0.2, 0.25) is 0 Å². The number of imidazole rings is 1. The molecule has 6 nitrogen and oxygen atoms in total. The van der Waals surface area contributed by atoms with Crippen LogP contribution in [0.15, 0.2) is 42.5 Å². The Morgan fingerprint density at radius 2 is 1.77 bits per heavy atom. The Hall–Kier alpha value is -2.73. The molecular formula is C20H25N3O3. The molecule has 0 fully saturated rings. The maximum Gasteiger partial charge on any atom is 0.163 e. The van der Waals surface area contributed by atoms with Crippen LogP contribution in [0.4, 0.5) is 0 Å². The summed E-state index contributed by atoms with van der Waals surface area (Å²) in [5, 5.41) is 0. The van der Waals surface area contributed by atoms with Gasteiger partial charge in [0, 0.05) is 18.7 Å². The third kappa shape index (κ3) is 3.75. The number of rotatable bonds is 8. The van der Waals surface area contributed by atoms with Crippen LogP contribution in [0.5, 0.6) is 17.2 Å². The molecule has 0 amide bonds. The molecule has 0 radical (unpaired) electrons. The number of benzene rings is 2. The number of nitrogens with two attached hydrogens (primary N) is 1. The van der Waals surface area contributed by atoms with Crippen molar-refractivity contribution in [3.8, 4) is 17.2 Å². The van der Waals surface area contributed by atoms with Crippen LogP contribution in [-0.4, -0.2) is 30.4 Å².